The molecule has 3 rings (SSSR count). The molecule has 2 aromatic rings. The molecule has 0 saturated heterocycles. The van der Waals surface area contributed by atoms with E-state index in [0.29, 0.717) is 16.1 Å². The minimum Gasteiger partial charge on any atom is -0.465 e. The molecule has 2 amide bonds. The van der Waals surface area contributed by atoms with E-state index in [1.54, 1.807) is 11.4 Å². The van der Waals surface area contributed by atoms with Crippen molar-refractivity contribution in [3.05, 3.63) is 38.4 Å². The largest absolute Gasteiger partial charge is 0.465 e. The number of carbonyl (C=O) groups excluding carboxylic acids is 3. The first kappa shape index (κ1) is 18.6. The van der Waals surface area contributed by atoms with Crippen LogP contribution >= 0.6 is 22.7 Å². The van der Waals surface area contributed by atoms with E-state index >= 15 is 0 Å². The predicted octanol–water partition coefficient (Wildman–Crippen LogP) is 3.23. The summed E-state index contributed by atoms with van der Waals surface area (Å²) in [6.45, 7) is 0.235. The number of carbonyl (C=O) groups is 3. The minimum atomic E-state index is -0.412. The zero-order valence-corrected chi connectivity index (χ0v) is 16.1. The Morgan fingerprint density at radius 1 is 1.23 bits per heavy atom. The number of esters is 1. The first-order valence-corrected chi connectivity index (χ1v) is 10.2. The smallest absolute Gasteiger partial charge is 0.341 e. The van der Waals surface area contributed by atoms with Gasteiger partial charge in [0.25, 0.3) is 5.91 Å². The molecule has 2 heterocycles. The number of thiophene rings is 2. The molecular weight excluding hydrogens is 372 g/mol. The van der Waals surface area contributed by atoms with E-state index in [4.69, 9.17) is 4.74 Å². The van der Waals surface area contributed by atoms with Crippen molar-refractivity contribution in [3.8, 4) is 0 Å². The summed E-state index contributed by atoms with van der Waals surface area (Å²) >= 11 is 2.90. The molecule has 0 saturated carbocycles. The van der Waals surface area contributed by atoms with Crippen LogP contribution in [0.5, 0.6) is 0 Å². The van der Waals surface area contributed by atoms with Crippen LogP contribution in [-0.2, 0) is 22.4 Å². The lowest BCUT2D eigenvalue weighted by molar-refractivity contribution is -0.116. The lowest BCUT2D eigenvalue weighted by Crippen LogP contribution is -2.27. The number of hydrogen-bond donors (Lipinski definition) is 2. The first-order valence-electron chi connectivity index (χ1n) is 8.43. The van der Waals surface area contributed by atoms with Crippen molar-refractivity contribution >= 4 is 45.5 Å². The molecule has 26 heavy (non-hydrogen) atoms. The molecule has 2 aromatic heterocycles. The van der Waals surface area contributed by atoms with Crippen LogP contribution in [0, 0.1) is 0 Å². The monoisotopic (exact) mass is 392 g/mol. The molecule has 0 bridgehead atoms. The van der Waals surface area contributed by atoms with Gasteiger partial charge in [-0.2, -0.15) is 11.3 Å². The maximum atomic E-state index is 12.3. The molecule has 1 aliphatic carbocycles. The van der Waals surface area contributed by atoms with Gasteiger partial charge in [-0.1, -0.05) is 0 Å². The van der Waals surface area contributed by atoms with Gasteiger partial charge in [0.1, 0.15) is 5.00 Å². The maximum absolute atomic E-state index is 12.3. The van der Waals surface area contributed by atoms with Gasteiger partial charge in [-0.05, 0) is 42.7 Å². The molecular formula is C18H20N2O4S2. The highest BCUT2D eigenvalue weighted by Gasteiger charge is 2.26. The maximum Gasteiger partial charge on any atom is 0.341 e. The summed E-state index contributed by atoms with van der Waals surface area (Å²) in [5.74, 6) is -0.842. The number of amides is 2. The number of nitrogens with one attached hydrogen (secondary N) is 2. The molecule has 0 aliphatic heterocycles. The lowest BCUT2D eigenvalue weighted by Gasteiger charge is -2.11. The van der Waals surface area contributed by atoms with Gasteiger partial charge in [-0.3, -0.25) is 9.59 Å². The highest BCUT2D eigenvalue weighted by atomic mass is 32.1. The summed E-state index contributed by atoms with van der Waals surface area (Å²) in [4.78, 5) is 37.4. The van der Waals surface area contributed by atoms with Crippen LogP contribution in [-0.4, -0.2) is 31.4 Å². The van der Waals surface area contributed by atoms with Gasteiger partial charge in [0.05, 0.1) is 12.7 Å². The summed E-state index contributed by atoms with van der Waals surface area (Å²) in [7, 11) is 1.35. The van der Waals surface area contributed by atoms with Crippen LogP contribution in [0.3, 0.4) is 0 Å². The van der Waals surface area contributed by atoms with Gasteiger partial charge in [-0.25, -0.2) is 4.79 Å². The number of anilines is 1. The topological polar surface area (TPSA) is 84.5 Å². The average Bonchev–Trinajstić information content (AvgIpc) is 3.28. The lowest BCUT2D eigenvalue weighted by atomic mass is 9.95. The van der Waals surface area contributed by atoms with Crippen molar-refractivity contribution in [3.63, 3.8) is 0 Å². The van der Waals surface area contributed by atoms with Gasteiger partial charge in [0, 0.05) is 28.8 Å². The van der Waals surface area contributed by atoms with Crippen molar-refractivity contribution in [1.29, 1.82) is 0 Å². The van der Waals surface area contributed by atoms with Gasteiger partial charge < -0.3 is 15.4 Å². The highest BCUT2D eigenvalue weighted by molar-refractivity contribution is 7.17. The fraction of sp³-hybridized carbons (Fsp3) is 0.389. The summed E-state index contributed by atoms with van der Waals surface area (Å²) in [5, 5.41) is 9.68. The third-order valence-electron chi connectivity index (χ3n) is 4.23. The molecule has 0 radical (unpaired) electrons. The second-order valence-corrected chi connectivity index (χ2v) is 7.86. The number of ether oxygens (including phenoxy) is 1. The fourth-order valence-electron chi connectivity index (χ4n) is 2.95. The van der Waals surface area contributed by atoms with Crippen LogP contribution in [0.25, 0.3) is 0 Å². The molecule has 2 N–H and O–H groups in total. The Balaban J connectivity index is 1.61. The first-order chi connectivity index (χ1) is 12.6. The highest BCUT2D eigenvalue weighted by Crippen LogP contribution is 2.38. The van der Waals surface area contributed by atoms with Crippen LogP contribution in [0.4, 0.5) is 5.00 Å². The Kier molecular flexibility index (Phi) is 6.05. The van der Waals surface area contributed by atoms with Gasteiger partial charge in [0.2, 0.25) is 5.91 Å². The Labute approximate surface area is 159 Å². The standard InChI is InChI=1S/C18H20N2O4S2/c1-24-18(23)15-12-4-2-3-5-13(12)26-17(15)20-14(21)6-8-19-16(22)11-7-9-25-10-11/h7,9-10H,2-6,8H2,1H3,(H,19,22)(H,20,21). The quantitative estimate of drug-likeness (QED) is 0.739. The summed E-state index contributed by atoms with van der Waals surface area (Å²) in [6.07, 6.45) is 4.03. The molecule has 1 aliphatic rings. The number of rotatable bonds is 6. The third-order valence-corrected chi connectivity index (χ3v) is 6.13. The van der Waals surface area contributed by atoms with E-state index in [-0.39, 0.29) is 24.8 Å². The molecule has 0 unspecified atom stereocenters. The average molecular weight is 393 g/mol. The third kappa shape index (κ3) is 4.13. The van der Waals surface area contributed by atoms with E-state index in [1.165, 1.54) is 29.8 Å². The molecule has 6 nitrogen and oxygen atoms in total. The molecule has 138 valence electrons. The van der Waals surface area contributed by atoms with E-state index in [2.05, 4.69) is 10.6 Å². The van der Waals surface area contributed by atoms with E-state index in [0.717, 1.165) is 36.1 Å². The Bertz CT molecular complexity index is 812. The van der Waals surface area contributed by atoms with Crippen molar-refractivity contribution in [2.45, 2.75) is 32.1 Å². The number of fused-ring (bicyclic) bond motifs is 1. The van der Waals surface area contributed by atoms with Crippen molar-refractivity contribution in [1.82, 2.24) is 5.32 Å². The Morgan fingerprint density at radius 2 is 2.04 bits per heavy atom. The van der Waals surface area contributed by atoms with E-state index < -0.39 is 5.97 Å². The van der Waals surface area contributed by atoms with Gasteiger partial charge in [0.15, 0.2) is 0 Å². The summed E-state index contributed by atoms with van der Waals surface area (Å²) in [6, 6.07) is 1.73. The SMILES string of the molecule is COC(=O)c1c(NC(=O)CCNC(=O)c2ccsc2)sc2c1CCCC2. The zero-order valence-electron chi connectivity index (χ0n) is 14.4. The van der Waals surface area contributed by atoms with E-state index in [1.807, 2.05) is 5.38 Å². The number of hydrogen-bond acceptors (Lipinski definition) is 6. The van der Waals surface area contributed by atoms with Crippen molar-refractivity contribution in [2.75, 3.05) is 19.0 Å². The molecule has 0 aromatic carbocycles. The fourth-order valence-corrected chi connectivity index (χ4v) is 4.88. The second-order valence-electron chi connectivity index (χ2n) is 5.97. The van der Waals surface area contributed by atoms with Crippen LogP contribution < -0.4 is 10.6 Å². The van der Waals surface area contributed by atoms with Gasteiger partial charge >= 0.3 is 5.97 Å². The molecule has 0 spiro atoms. The predicted molar refractivity (Wildman–Crippen MR) is 102 cm³/mol. The minimum absolute atomic E-state index is 0.138. The van der Waals surface area contributed by atoms with Crippen LogP contribution in [0.1, 0.15) is 50.4 Å². The summed E-state index contributed by atoms with van der Waals surface area (Å²) in [5.41, 5.74) is 2.09. The summed E-state index contributed by atoms with van der Waals surface area (Å²) < 4.78 is 4.90. The Morgan fingerprint density at radius 3 is 2.77 bits per heavy atom. The number of aryl methyl sites for hydroxylation is 1. The van der Waals surface area contributed by atoms with Gasteiger partial charge in [-0.15, -0.1) is 11.3 Å². The van der Waals surface area contributed by atoms with E-state index in [9.17, 15) is 14.4 Å². The molecule has 8 heteroatoms. The number of methoxy groups -OCH3 is 1. The second kappa shape index (κ2) is 8.46. The normalized spacial score (nSPS) is 13.0. The van der Waals surface area contributed by atoms with Crippen LogP contribution in [0.15, 0.2) is 16.8 Å². The van der Waals surface area contributed by atoms with Crippen molar-refractivity contribution < 1.29 is 19.1 Å². The van der Waals surface area contributed by atoms with Crippen molar-refractivity contribution in [2.24, 2.45) is 0 Å². The zero-order chi connectivity index (χ0) is 18.5. The Hall–Kier alpha value is -2.19. The molecule has 0 fully saturated rings. The molecule has 0 atom stereocenters. The van der Waals surface area contributed by atoms with Crippen LogP contribution in [0.2, 0.25) is 0 Å².